The van der Waals surface area contributed by atoms with Gasteiger partial charge in [0.1, 0.15) is 5.78 Å². The van der Waals surface area contributed by atoms with Gasteiger partial charge in [-0.1, -0.05) is 106 Å². The first-order chi connectivity index (χ1) is 16.3. The Labute approximate surface area is 201 Å². The van der Waals surface area contributed by atoms with E-state index in [1.807, 2.05) is 24.3 Å². The van der Waals surface area contributed by atoms with Crippen molar-refractivity contribution in [2.24, 2.45) is 0 Å². The molecule has 0 amide bonds. The highest BCUT2D eigenvalue weighted by Crippen LogP contribution is 2.12. The summed E-state index contributed by atoms with van der Waals surface area (Å²) in [5.74, 6) is 0.440. The summed E-state index contributed by atoms with van der Waals surface area (Å²) in [5.41, 5.74) is 2.47. The second-order valence-electron chi connectivity index (χ2n) is 9.00. The third kappa shape index (κ3) is 15.5. The van der Waals surface area contributed by atoms with Gasteiger partial charge >= 0.3 is 0 Å². The van der Waals surface area contributed by atoms with Crippen molar-refractivity contribution in [3.05, 3.63) is 71.8 Å². The van der Waals surface area contributed by atoms with E-state index in [0.29, 0.717) is 12.4 Å². The number of ether oxygens (including phenoxy) is 2. The molecule has 3 heteroatoms. The van der Waals surface area contributed by atoms with Crippen molar-refractivity contribution >= 4 is 5.78 Å². The van der Waals surface area contributed by atoms with Gasteiger partial charge in [0.25, 0.3) is 0 Å². The lowest BCUT2D eigenvalue weighted by Crippen LogP contribution is -1.99. The van der Waals surface area contributed by atoms with Crippen molar-refractivity contribution in [3.8, 4) is 0 Å². The SMILES string of the molecule is O=C(CCCCCCCCCCOCc1ccccc1)CCCCCOCc1ccccc1. The largest absolute Gasteiger partial charge is 0.377 e. The molecule has 0 N–H and O–H groups in total. The van der Waals surface area contributed by atoms with E-state index < -0.39 is 0 Å². The molecule has 182 valence electrons. The fourth-order valence-corrected chi connectivity index (χ4v) is 3.94. The van der Waals surface area contributed by atoms with E-state index >= 15 is 0 Å². The highest BCUT2D eigenvalue weighted by molar-refractivity contribution is 5.78. The van der Waals surface area contributed by atoms with Gasteiger partial charge in [-0.25, -0.2) is 0 Å². The Kier molecular flexibility index (Phi) is 16.1. The number of unbranched alkanes of at least 4 members (excludes halogenated alkanes) is 9. The van der Waals surface area contributed by atoms with Gasteiger partial charge in [-0.3, -0.25) is 4.79 Å². The summed E-state index contributed by atoms with van der Waals surface area (Å²) in [6.45, 7) is 3.05. The quantitative estimate of drug-likeness (QED) is 0.180. The molecule has 0 atom stereocenters. The molecule has 0 radical (unpaired) electrons. The predicted molar refractivity (Wildman–Crippen MR) is 137 cm³/mol. The number of rotatable bonds is 21. The van der Waals surface area contributed by atoms with Crippen LogP contribution >= 0.6 is 0 Å². The Balaban J connectivity index is 1.26. The maximum absolute atomic E-state index is 12.0. The smallest absolute Gasteiger partial charge is 0.132 e. The van der Waals surface area contributed by atoms with E-state index in [4.69, 9.17) is 9.47 Å². The standard InChI is InChI=1S/C30H44O3/c31-30(23-15-9-17-25-33-27-29-20-12-8-13-21-29)22-14-5-3-1-2-4-6-16-24-32-26-28-18-10-7-11-19-28/h7-8,10-13,18-21H,1-6,9,14-17,22-27H2. The van der Waals surface area contributed by atoms with Gasteiger partial charge in [-0.15, -0.1) is 0 Å². The van der Waals surface area contributed by atoms with E-state index in [-0.39, 0.29) is 0 Å². The Morgan fingerprint density at radius 2 is 0.848 bits per heavy atom. The van der Waals surface area contributed by atoms with Crippen LogP contribution in [-0.2, 0) is 27.5 Å². The number of carbonyl (C=O) groups is 1. The van der Waals surface area contributed by atoms with Crippen molar-refractivity contribution in [3.63, 3.8) is 0 Å². The molecule has 0 saturated heterocycles. The van der Waals surface area contributed by atoms with Crippen molar-refractivity contribution in [2.75, 3.05) is 13.2 Å². The average Bonchev–Trinajstić information content (AvgIpc) is 2.85. The maximum Gasteiger partial charge on any atom is 0.132 e. The van der Waals surface area contributed by atoms with Crippen LogP contribution in [0.5, 0.6) is 0 Å². The Morgan fingerprint density at radius 3 is 1.30 bits per heavy atom. The number of carbonyl (C=O) groups excluding carboxylic acids is 1. The van der Waals surface area contributed by atoms with Gasteiger partial charge in [-0.05, 0) is 36.8 Å². The fourth-order valence-electron chi connectivity index (χ4n) is 3.94. The second kappa shape index (κ2) is 19.5. The molecule has 2 aromatic rings. The molecular formula is C30H44O3. The number of hydrogen-bond acceptors (Lipinski definition) is 3. The first-order valence-corrected chi connectivity index (χ1v) is 13.1. The first-order valence-electron chi connectivity index (χ1n) is 13.1. The summed E-state index contributed by atoms with van der Waals surface area (Å²) >= 11 is 0. The van der Waals surface area contributed by atoms with Crippen LogP contribution in [-0.4, -0.2) is 19.0 Å². The number of Topliss-reactive ketones (excluding diaryl/α,β-unsaturated/α-hetero) is 1. The molecule has 0 spiro atoms. The van der Waals surface area contributed by atoms with Crippen LogP contribution in [0.4, 0.5) is 0 Å². The van der Waals surface area contributed by atoms with Crippen LogP contribution in [0.15, 0.2) is 60.7 Å². The first kappa shape index (κ1) is 27.3. The highest BCUT2D eigenvalue weighted by atomic mass is 16.5. The van der Waals surface area contributed by atoms with Crippen molar-refractivity contribution in [1.29, 1.82) is 0 Å². The molecule has 0 bridgehead atoms. The lowest BCUT2D eigenvalue weighted by atomic mass is 10.0. The third-order valence-corrected chi connectivity index (χ3v) is 5.96. The molecule has 0 unspecified atom stereocenters. The lowest BCUT2D eigenvalue weighted by Gasteiger charge is -2.05. The monoisotopic (exact) mass is 452 g/mol. The van der Waals surface area contributed by atoms with Gasteiger partial charge in [-0.2, -0.15) is 0 Å². The topological polar surface area (TPSA) is 35.5 Å². The lowest BCUT2D eigenvalue weighted by molar-refractivity contribution is -0.119. The summed E-state index contributed by atoms with van der Waals surface area (Å²) in [7, 11) is 0. The Bertz CT molecular complexity index is 699. The zero-order chi connectivity index (χ0) is 23.2. The molecule has 0 fully saturated rings. The van der Waals surface area contributed by atoms with E-state index in [1.165, 1.54) is 49.7 Å². The molecular weight excluding hydrogens is 408 g/mol. The number of ketones is 1. The molecule has 3 nitrogen and oxygen atoms in total. The summed E-state index contributed by atoms with van der Waals surface area (Å²) in [6, 6.07) is 20.6. The van der Waals surface area contributed by atoms with Crippen LogP contribution in [0, 0.1) is 0 Å². The molecule has 33 heavy (non-hydrogen) atoms. The van der Waals surface area contributed by atoms with Crippen LogP contribution in [0.25, 0.3) is 0 Å². The van der Waals surface area contributed by atoms with Gasteiger partial charge < -0.3 is 9.47 Å². The van der Waals surface area contributed by atoms with E-state index in [9.17, 15) is 4.79 Å². The molecule has 2 aromatic carbocycles. The highest BCUT2D eigenvalue weighted by Gasteiger charge is 2.02. The van der Waals surface area contributed by atoms with Gasteiger partial charge in [0.2, 0.25) is 0 Å². The Hall–Kier alpha value is -1.97. The van der Waals surface area contributed by atoms with E-state index in [1.54, 1.807) is 0 Å². The minimum atomic E-state index is 0.440. The summed E-state index contributed by atoms with van der Waals surface area (Å²) in [6.07, 6.45) is 14.4. The summed E-state index contributed by atoms with van der Waals surface area (Å²) in [4.78, 5) is 12.0. The van der Waals surface area contributed by atoms with Gasteiger partial charge in [0, 0.05) is 26.1 Å². The van der Waals surface area contributed by atoms with Crippen LogP contribution < -0.4 is 0 Å². The minimum Gasteiger partial charge on any atom is -0.377 e. The van der Waals surface area contributed by atoms with Gasteiger partial charge in [0.05, 0.1) is 13.2 Å². The number of hydrogen-bond donors (Lipinski definition) is 0. The van der Waals surface area contributed by atoms with Crippen molar-refractivity contribution < 1.29 is 14.3 Å². The minimum absolute atomic E-state index is 0.440. The Morgan fingerprint density at radius 1 is 0.485 bits per heavy atom. The molecule has 0 saturated carbocycles. The zero-order valence-electron chi connectivity index (χ0n) is 20.5. The van der Waals surface area contributed by atoms with Crippen LogP contribution in [0.2, 0.25) is 0 Å². The van der Waals surface area contributed by atoms with Crippen LogP contribution in [0.1, 0.15) is 94.6 Å². The van der Waals surface area contributed by atoms with E-state index in [2.05, 4.69) is 36.4 Å². The molecule has 2 rings (SSSR count). The molecule has 0 aliphatic carbocycles. The van der Waals surface area contributed by atoms with Crippen LogP contribution in [0.3, 0.4) is 0 Å². The normalized spacial score (nSPS) is 11.0. The fraction of sp³-hybridized carbons (Fsp3) is 0.567. The molecule has 0 aliphatic rings. The summed E-state index contributed by atoms with van der Waals surface area (Å²) < 4.78 is 11.4. The zero-order valence-corrected chi connectivity index (χ0v) is 20.5. The van der Waals surface area contributed by atoms with Crippen molar-refractivity contribution in [2.45, 2.75) is 96.7 Å². The van der Waals surface area contributed by atoms with Crippen molar-refractivity contribution in [1.82, 2.24) is 0 Å². The number of benzene rings is 2. The maximum atomic E-state index is 12.0. The third-order valence-electron chi connectivity index (χ3n) is 5.96. The second-order valence-corrected chi connectivity index (χ2v) is 9.00. The summed E-state index contributed by atoms with van der Waals surface area (Å²) in [5, 5.41) is 0. The molecule has 0 aliphatic heterocycles. The van der Waals surface area contributed by atoms with E-state index in [0.717, 1.165) is 64.8 Å². The predicted octanol–water partition coefficient (Wildman–Crippen LogP) is 8.06. The van der Waals surface area contributed by atoms with Gasteiger partial charge in [0.15, 0.2) is 0 Å². The average molecular weight is 453 g/mol. The molecule has 0 heterocycles. The molecule has 0 aromatic heterocycles.